The topological polar surface area (TPSA) is 87.9 Å². The lowest BCUT2D eigenvalue weighted by Gasteiger charge is -2.15. The van der Waals surface area contributed by atoms with Crippen molar-refractivity contribution in [3.05, 3.63) is 53.0 Å². The highest BCUT2D eigenvalue weighted by atomic mass is 127. The quantitative estimate of drug-likeness (QED) is 0.182. The summed E-state index contributed by atoms with van der Waals surface area (Å²) in [6.07, 6.45) is 2.40. The van der Waals surface area contributed by atoms with Crippen LogP contribution in [0.3, 0.4) is 0 Å². The fraction of sp³-hybridized carbons (Fsp3) is 0.478. The van der Waals surface area contributed by atoms with E-state index in [2.05, 4.69) is 46.1 Å². The van der Waals surface area contributed by atoms with Crippen LogP contribution in [0.4, 0.5) is 0 Å². The third kappa shape index (κ3) is 9.20. The molecule has 0 spiro atoms. The standard InChI is InChI=1S/C23H34N4O3.HI/c1-6-24-23(26-12-7-11-25-22(28)21-18(5)10-13-29-21)27-15-19-9-8-17(4)14-20(19)30-16(2)3;/h8-10,13-14,16H,6-7,11-12,15H2,1-5H3,(H,25,28)(H2,24,26,27);1H. The lowest BCUT2D eigenvalue weighted by molar-refractivity contribution is 0.0925. The molecule has 0 saturated heterocycles. The van der Waals surface area contributed by atoms with Gasteiger partial charge in [-0.25, -0.2) is 4.99 Å². The minimum atomic E-state index is -0.185. The van der Waals surface area contributed by atoms with Crippen molar-refractivity contribution in [2.75, 3.05) is 19.6 Å². The molecule has 1 aromatic carbocycles. The minimum Gasteiger partial charge on any atom is -0.491 e. The van der Waals surface area contributed by atoms with Gasteiger partial charge in [0.1, 0.15) is 5.75 Å². The van der Waals surface area contributed by atoms with Gasteiger partial charge in [-0.2, -0.15) is 0 Å². The summed E-state index contributed by atoms with van der Waals surface area (Å²) in [4.78, 5) is 16.7. The van der Waals surface area contributed by atoms with E-state index in [1.54, 1.807) is 6.07 Å². The molecular weight excluding hydrogens is 507 g/mol. The summed E-state index contributed by atoms with van der Waals surface area (Å²) < 4.78 is 11.1. The van der Waals surface area contributed by atoms with E-state index >= 15 is 0 Å². The molecule has 0 fully saturated rings. The molecule has 1 heterocycles. The first kappa shape index (κ1) is 26.8. The number of aryl methyl sites for hydroxylation is 2. The van der Waals surface area contributed by atoms with Crippen molar-refractivity contribution in [2.24, 2.45) is 4.99 Å². The molecule has 1 aromatic heterocycles. The SMILES string of the molecule is CCNC(=NCc1ccc(C)cc1OC(C)C)NCCCNC(=O)c1occc1C.I. The zero-order chi connectivity index (χ0) is 21.9. The molecule has 8 heteroatoms. The van der Waals surface area contributed by atoms with Gasteiger partial charge in [-0.3, -0.25) is 4.79 Å². The minimum absolute atomic E-state index is 0. The van der Waals surface area contributed by atoms with Crippen LogP contribution in [0.2, 0.25) is 0 Å². The van der Waals surface area contributed by atoms with Crippen LogP contribution in [0.5, 0.6) is 5.75 Å². The maximum Gasteiger partial charge on any atom is 0.287 e. The maximum absolute atomic E-state index is 12.0. The molecule has 2 rings (SSSR count). The number of amides is 1. The van der Waals surface area contributed by atoms with Gasteiger partial charge in [0.05, 0.1) is 18.9 Å². The van der Waals surface area contributed by atoms with Crippen LogP contribution in [0.15, 0.2) is 39.9 Å². The summed E-state index contributed by atoms with van der Waals surface area (Å²) in [7, 11) is 0. The van der Waals surface area contributed by atoms with Crippen molar-refractivity contribution >= 4 is 35.8 Å². The molecule has 3 N–H and O–H groups in total. The van der Waals surface area contributed by atoms with Gasteiger partial charge in [-0.05, 0) is 58.7 Å². The maximum atomic E-state index is 12.0. The van der Waals surface area contributed by atoms with Crippen LogP contribution in [0.1, 0.15) is 54.4 Å². The van der Waals surface area contributed by atoms with Crippen LogP contribution in [0, 0.1) is 13.8 Å². The Kier molecular flexibility index (Phi) is 12.1. The average molecular weight is 542 g/mol. The number of hydrogen-bond acceptors (Lipinski definition) is 4. The van der Waals surface area contributed by atoms with Crippen LogP contribution in [0.25, 0.3) is 0 Å². The van der Waals surface area contributed by atoms with Gasteiger partial charge in [0.2, 0.25) is 0 Å². The summed E-state index contributed by atoms with van der Waals surface area (Å²) in [5, 5.41) is 9.43. The normalized spacial score (nSPS) is 11.1. The molecular formula is C23H35IN4O3. The van der Waals surface area contributed by atoms with E-state index in [1.807, 2.05) is 27.7 Å². The van der Waals surface area contributed by atoms with Crippen molar-refractivity contribution in [3.63, 3.8) is 0 Å². The fourth-order valence-electron chi connectivity index (χ4n) is 2.84. The number of nitrogens with zero attached hydrogens (tertiary/aromatic N) is 1. The molecule has 1 amide bonds. The number of benzene rings is 1. The van der Waals surface area contributed by atoms with Crippen molar-refractivity contribution in [2.45, 2.75) is 53.7 Å². The fourth-order valence-corrected chi connectivity index (χ4v) is 2.84. The Bertz CT molecular complexity index is 849. The third-order valence-corrected chi connectivity index (χ3v) is 4.34. The number of halogens is 1. The summed E-state index contributed by atoms with van der Waals surface area (Å²) in [6.45, 7) is 12.5. The van der Waals surface area contributed by atoms with Gasteiger partial charge in [0.15, 0.2) is 11.7 Å². The van der Waals surface area contributed by atoms with Gasteiger partial charge in [-0.15, -0.1) is 24.0 Å². The Balaban J connectivity index is 0.00000480. The van der Waals surface area contributed by atoms with Crippen LogP contribution in [-0.2, 0) is 6.54 Å². The zero-order valence-electron chi connectivity index (χ0n) is 19.1. The molecule has 0 atom stereocenters. The number of carbonyl (C=O) groups excluding carboxylic acids is 1. The van der Waals surface area contributed by atoms with E-state index in [4.69, 9.17) is 9.15 Å². The number of carbonyl (C=O) groups is 1. The van der Waals surface area contributed by atoms with Crippen LogP contribution in [-0.4, -0.2) is 37.6 Å². The molecule has 0 bridgehead atoms. The second kappa shape index (κ2) is 14.0. The molecule has 7 nitrogen and oxygen atoms in total. The van der Waals surface area contributed by atoms with Crippen molar-refractivity contribution in [1.29, 1.82) is 0 Å². The van der Waals surface area contributed by atoms with E-state index in [-0.39, 0.29) is 36.0 Å². The highest BCUT2D eigenvalue weighted by Crippen LogP contribution is 2.22. The van der Waals surface area contributed by atoms with E-state index in [1.165, 1.54) is 6.26 Å². The summed E-state index contributed by atoms with van der Waals surface area (Å²) >= 11 is 0. The molecule has 0 aliphatic carbocycles. The highest BCUT2D eigenvalue weighted by Gasteiger charge is 2.11. The van der Waals surface area contributed by atoms with E-state index in [0.29, 0.717) is 25.4 Å². The van der Waals surface area contributed by atoms with Crippen LogP contribution >= 0.6 is 24.0 Å². The molecule has 172 valence electrons. The van der Waals surface area contributed by atoms with Gasteiger partial charge < -0.3 is 25.1 Å². The Labute approximate surface area is 202 Å². The molecule has 0 unspecified atom stereocenters. The predicted molar refractivity (Wildman–Crippen MR) is 136 cm³/mol. The lowest BCUT2D eigenvalue weighted by Crippen LogP contribution is -2.38. The number of guanidine groups is 1. The monoisotopic (exact) mass is 542 g/mol. The molecule has 31 heavy (non-hydrogen) atoms. The second-order valence-electron chi connectivity index (χ2n) is 7.44. The lowest BCUT2D eigenvalue weighted by atomic mass is 10.1. The Morgan fingerprint density at radius 3 is 2.52 bits per heavy atom. The molecule has 2 aromatic rings. The predicted octanol–water partition coefficient (Wildman–Crippen LogP) is 4.18. The molecule has 0 radical (unpaired) electrons. The number of ether oxygens (including phenoxy) is 1. The molecule has 0 saturated carbocycles. The number of nitrogens with one attached hydrogen (secondary N) is 3. The zero-order valence-corrected chi connectivity index (χ0v) is 21.4. The first-order valence-electron chi connectivity index (χ1n) is 10.5. The number of aliphatic imine (C=N–C) groups is 1. The van der Waals surface area contributed by atoms with Crippen LogP contribution < -0.4 is 20.7 Å². The van der Waals surface area contributed by atoms with Crippen molar-refractivity contribution in [1.82, 2.24) is 16.0 Å². The second-order valence-corrected chi connectivity index (χ2v) is 7.44. The largest absolute Gasteiger partial charge is 0.491 e. The Morgan fingerprint density at radius 2 is 1.87 bits per heavy atom. The van der Waals surface area contributed by atoms with Gasteiger partial charge in [0.25, 0.3) is 5.91 Å². The smallest absolute Gasteiger partial charge is 0.287 e. The van der Waals surface area contributed by atoms with Crippen molar-refractivity contribution < 1.29 is 13.9 Å². The van der Waals surface area contributed by atoms with E-state index in [9.17, 15) is 4.79 Å². The molecule has 0 aliphatic heterocycles. The number of hydrogen-bond donors (Lipinski definition) is 3. The number of furan rings is 1. The van der Waals surface area contributed by atoms with Crippen molar-refractivity contribution in [3.8, 4) is 5.75 Å². The Hall–Kier alpha value is -2.23. The summed E-state index contributed by atoms with van der Waals surface area (Å²) in [5.74, 6) is 1.80. The number of rotatable bonds is 10. The van der Waals surface area contributed by atoms with Gasteiger partial charge in [-0.1, -0.05) is 12.1 Å². The average Bonchev–Trinajstić information content (AvgIpc) is 3.12. The summed E-state index contributed by atoms with van der Waals surface area (Å²) in [6, 6.07) is 7.96. The Morgan fingerprint density at radius 1 is 1.13 bits per heavy atom. The highest BCUT2D eigenvalue weighted by molar-refractivity contribution is 14.0. The first-order chi connectivity index (χ1) is 14.4. The third-order valence-electron chi connectivity index (χ3n) is 4.34. The van der Waals surface area contributed by atoms with Gasteiger partial charge >= 0.3 is 0 Å². The van der Waals surface area contributed by atoms with E-state index in [0.717, 1.165) is 41.4 Å². The summed E-state index contributed by atoms with van der Waals surface area (Å²) in [5.41, 5.74) is 3.05. The van der Waals surface area contributed by atoms with Gasteiger partial charge in [0, 0.05) is 30.8 Å². The first-order valence-corrected chi connectivity index (χ1v) is 10.5. The van der Waals surface area contributed by atoms with E-state index < -0.39 is 0 Å². The molecule has 0 aliphatic rings.